The SMILES string of the molecule is O=C(C=Cc1ccccc1)NC(=Cc1ccco1)C(=O)NCCCO. The van der Waals surface area contributed by atoms with Gasteiger partial charge in [-0.05, 0) is 30.2 Å². The third-order valence-electron chi connectivity index (χ3n) is 3.18. The van der Waals surface area contributed by atoms with Crippen LogP contribution in [0.3, 0.4) is 0 Å². The largest absolute Gasteiger partial charge is 0.465 e. The summed E-state index contributed by atoms with van der Waals surface area (Å²) in [6, 6.07) is 12.7. The van der Waals surface area contributed by atoms with Crippen molar-refractivity contribution in [3.05, 3.63) is 71.8 Å². The van der Waals surface area contributed by atoms with Gasteiger partial charge in [0, 0.05) is 25.3 Å². The summed E-state index contributed by atoms with van der Waals surface area (Å²) in [5, 5.41) is 14.0. The average Bonchev–Trinajstić information content (AvgIpc) is 3.13. The number of furan rings is 1. The maximum absolute atomic E-state index is 12.2. The molecule has 0 saturated heterocycles. The van der Waals surface area contributed by atoms with Gasteiger partial charge in [-0.15, -0.1) is 0 Å². The first-order valence-corrected chi connectivity index (χ1v) is 7.87. The minimum absolute atomic E-state index is 0.0241. The summed E-state index contributed by atoms with van der Waals surface area (Å²) in [5.41, 5.74) is 0.942. The van der Waals surface area contributed by atoms with E-state index in [4.69, 9.17) is 9.52 Å². The molecule has 0 aliphatic rings. The summed E-state index contributed by atoms with van der Waals surface area (Å²) >= 11 is 0. The molecule has 6 heteroatoms. The Labute approximate surface area is 145 Å². The zero-order valence-electron chi connectivity index (χ0n) is 13.6. The van der Waals surface area contributed by atoms with Crippen LogP contribution in [0.4, 0.5) is 0 Å². The van der Waals surface area contributed by atoms with Crippen LogP contribution >= 0.6 is 0 Å². The molecule has 0 radical (unpaired) electrons. The Kier molecular flexibility index (Phi) is 7.21. The first kappa shape index (κ1) is 18.2. The molecule has 0 saturated carbocycles. The lowest BCUT2D eigenvalue weighted by Gasteiger charge is -2.08. The van der Waals surface area contributed by atoms with E-state index in [1.165, 1.54) is 18.4 Å². The van der Waals surface area contributed by atoms with Crippen molar-refractivity contribution >= 4 is 24.0 Å². The molecule has 0 bridgehead atoms. The fraction of sp³-hybridized carbons (Fsp3) is 0.158. The molecule has 2 amide bonds. The quantitative estimate of drug-likeness (QED) is 0.506. The molecule has 3 N–H and O–H groups in total. The molecule has 0 spiro atoms. The Morgan fingerprint density at radius 2 is 1.92 bits per heavy atom. The summed E-state index contributed by atoms with van der Waals surface area (Å²) in [5.74, 6) is -0.440. The molecule has 1 aromatic carbocycles. The van der Waals surface area contributed by atoms with Gasteiger partial charge in [0.05, 0.1) is 6.26 Å². The van der Waals surface area contributed by atoms with Crippen LogP contribution in [-0.4, -0.2) is 30.1 Å². The van der Waals surface area contributed by atoms with Crippen molar-refractivity contribution in [3.63, 3.8) is 0 Å². The van der Waals surface area contributed by atoms with Gasteiger partial charge >= 0.3 is 0 Å². The number of nitrogens with one attached hydrogen (secondary N) is 2. The van der Waals surface area contributed by atoms with Crippen LogP contribution in [0.2, 0.25) is 0 Å². The predicted molar refractivity (Wildman–Crippen MR) is 95.0 cm³/mol. The molecule has 0 aliphatic carbocycles. The van der Waals surface area contributed by atoms with Crippen LogP contribution in [0.15, 0.2) is 64.9 Å². The number of hydrogen-bond donors (Lipinski definition) is 3. The van der Waals surface area contributed by atoms with E-state index in [1.54, 1.807) is 18.2 Å². The van der Waals surface area contributed by atoms with Crippen LogP contribution in [0.1, 0.15) is 17.7 Å². The molecule has 0 unspecified atom stereocenters. The van der Waals surface area contributed by atoms with E-state index in [9.17, 15) is 9.59 Å². The summed E-state index contributed by atoms with van der Waals surface area (Å²) in [6.07, 6.45) is 6.37. The summed E-state index contributed by atoms with van der Waals surface area (Å²) in [6.45, 7) is 0.282. The minimum atomic E-state index is -0.452. The topological polar surface area (TPSA) is 91.6 Å². The number of hydrogen-bond acceptors (Lipinski definition) is 4. The Morgan fingerprint density at radius 3 is 2.60 bits per heavy atom. The summed E-state index contributed by atoms with van der Waals surface area (Å²) < 4.78 is 5.18. The van der Waals surface area contributed by atoms with Gasteiger partial charge in [-0.2, -0.15) is 0 Å². The average molecular weight is 340 g/mol. The highest BCUT2D eigenvalue weighted by atomic mass is 16.3. The molecule has 0 aliphatic heterocycles. The number of carbonyl (C=O) groups excluding carboxylic acids is 2. The normalized spacial score (nSPS) is 11.5. The van der Waals surface area contributed by atoms with Gasteiger partial charge in [0.15, 0.2) is 0 Å². The van der Waals surface area contributed by atoms with Gasteiger partial charge in [-0.3, -0.25) is 9.59 Å². The second-order valence-electron chi connectivity index (χ2n) is 5.14. The van der Waals surface area contributed by atoms with Crippen molar-refractivity contribution in [2.24, 2.45) is 0 Å². The summed E-state index contributed by atoms with van der Waals surface area (Å²) in [4.78, 5) is 24.3. The summed E-state index contributed by atoms with van der Waals surface area (Å²) in [7, 11) is 0. The standard InChI is InChI=1S/C19H20N2O4/c22-12-5-11-20-19(24)17(14-16-8-4-13-25-16)21-18(23)10-9-15-6-2-1-3-7-15/h1-4,6-10,13-14,22H,5,11-12H2,(H,20,24)(H,21,23). The van der Waals surface area contributed by atoms with Crippen LogP contribution in [0.5, 0.6) is 0 Å². The number of benzene rings is 1. The molecule has 2 rings (SSSR count). The Hall–Kier alpha value is -3.12. The van der Waals surface area contributed by atoms with Gasteiger partial charge in [-0.1, -0.05) is 30.3 Å². The van der Waals surface area contributed by atoms with E-state index in [-0.39, 0.29) is 12.3 Å². The van der Waals surface area contributed by atoms with Crippen molar-refractivity contribution in [2.75, 3.05) is 13.2 Å². The monoisotopic (exact) mass is 340 g/mol. The highest BCUT2D eigenvalue weighted by molar-refractivity contribution is 6.04. The van der Waals surface area contributed by atoms with E-state index in [0.717, 1.165) is 5.56 Å². The minimum Gasteiger partial charge on any atom is -0.465 e. The second-order valence-corrected chi connectivity index (χ2v) is 5.14. The smallest absolute Gasteiger partial charge is 0.267 e. The molecule has 1 aromatic heterocycles. The first-order chi connectivity index (χ1) is 12.2. The lowest BCUT2D eigenvalue weighted by Crippen LogP contribution is -2.34. The van der Waals surface area contributed by atoms with Gasteiger partial charge < -0.3 is 20.2 Å². The van der Waals surface area contributed by atoms with E-state index >= 15 is 0 Å². The highest BCUT2D eigenvalue weighted by Gasteiger charge is 2.12. The molecule has 130 valence electrons. The lowest BCUT2D eigenvalue weighted by molar-refractivity contribution is -0.121. The van der Waals surface area contributed by atoms with Crippen LogP contribution in [-0.2, 0) is 9.59 Å². The number of aliphatic hydroxyl groups excluding tert-OH is 1. The van der Waals surface area contributed by atoms with Gasteiger partial charge in [0.1, 0.15) is 11.5 Å². The van der Waals surface area contributed by atoms with Crippen molar-refractivity contribution in [3.8, 4) is 0 Å². The Morgan fingerprint density at radius 1 is 1.12 bits per heavy atom. The number of amides is 2. The van der Waals surface area contributed by atoms with E-state index < -0.39 is 11.8 Å². The van der Waals surface area contributed by atoms with E-state index in [0.29, 0.717) is 18.7 Å². The van der Waals surface area contributed by atoms with Crippen LogP contribution in [0, 0.1) is 0 Å². The maximum atomic E-state index is 12.2. The molecular weight excluding hydrogens is 320 g/mol. The van der Waals surface area contributed by atoms with Gasteiger partial charge in [0.25, 0.3) is 5.91 Å². The van der Waals surface area contributed by atoms with Crippen molar-refractivity contribution in [2.45, 2.75) is 6.42 Å². The molecule has 6 nitrogen and oxygen atoms in total. The van der Waals surface area contributed by atoms with E-state index in [1.807, 2.05) is 30.3 Å². The van der Waals surface area contributed by atoms with Crippen LogP contribution in [0.25, 0.3) is 12.2 Å². The second kappa shape index (κ2) is 9.89. The number of aliphatic hydroxyl groups is 1. The zero-order chi connectivity index (χ0) is 17.9. The van der Waals surface area contributed by atoms with Gasteiger partial charge in [-0.25, -0.2) is 0 Å². The fourth-order valence-electron chi connectivity index (χ4n) is 1.96. The van der Waals surface area contributed by atoms with Crippen molar-refractivity contribution in [1.29, 1.82) is 0 Å². The third kappa shape index (κ3) is 6.48. The predicted octanol–water partition coefficient (Wildman–Crippen LogP) is 1.95. The molecule has 2 aromatic rings. The van der Waals surface area contributed by atoms with Crippen LogP contribution < -0.4 is 10.6 Å². The lowest BCUT2D eigenvalue weighted by atomic mass is 10.2. The fourth-order valence-corrected chi connectivity index (χ4v) is 1.96. The van der Waals surface area contributed by atoms with Crippen molar-refractivity contribution < 1.29 is 19.1 Å². The molecule has 0 atom stereocenters. The first-order valence-electron chi connectivity index (χ1n) is 7.87. The van der Waals surface area contributed by atoms with Gasteiger partial charge in [0.2, 0.25) is 5.91 Å². The number of rotatable bonds is 8. The maximum Gasteiger partial charge on any atom is 0.267 e. The Balaban J connectivity index is 2.06. The molecular formula is C19H20N2O4. The van der Waals surface area contributed by atoms with Crippen molar-refractivity contribution in [1.82, 2.24) is 10.6 Å². The Bertz CT molecular complexity index is 734. The number of carbonyl (C=O) groups is 2. The molecule has 1 heterocycles. The molecule has 0 fully saturated rings. The molecule has 25 heavy (non-hydrogen) atoms. The zero-order valence-corrected chi connectivity index (χ0v) is 13.6. The highest BCUT2D eigenvalue weighted by Crippen LogP contribution is 2.07. The van der Waals surface area contributed by atoms with E-state index in [2.05, 4.69) is 10.6 Å². The third-order valence-corrected chi connectivity index (χ3v) is 3.18.